The van der Waals surface area contributed by atoms with Crippen molar-refractivity contribution in [3.63, 3.8) is 0 Å². The second-order valence-corrected chi connectivity index (χ2v) is 5.20. The molecule has 1 aromatic carbocycles. The molecular weight excluding hydrogens is 301 g/mol. The lowest BCUT2D eigenvalue weighted by molar-refractivity contribution is 0.00583. The van der Waals surface area contributed by atoms with Gasteiger partial charge in [-0.3, -0.25) is 0 Å². The lowest BCUT2D eigenvalue weighted by Gasteiger charge is -2.20. The summed E-state index contributed by atoms with van der Waals surface area (Å²) in [5.74, 6) is -5.30. The molecule has 0 aliphatic rings. The fraction of sp³-hybridized carbons (Fsp3) is 0.364. The first-order chi connectivity index (χ1) is 7.63. The predicted molar refractivity (Wildman–Crippen MR) is 59.2 cm³/mol. The Kier molecular flexibility index (Phi) is 3.86. The topological polar surface area (TPSA) is 26.3 Å². The zero-order valence-corrected chi connectivity index (χ0v) is 11.0. The Morgan fingerprint density at radius 1 is 1.24 bits per heavy atom. The fourth-order valence-electron chi connectivity index (χ4n) is 1.08. The Balaban J connectivity index is 3.24. The standard InChI is InChI=1S/C11H10BrF3O2/c1-11(2,3)17-10(16)7-6(13)4-5(12)8(14)9(7)15/h4H,1-3H3. The van der Waals surface area contributed by atoms with Crippen LogP contribution >= 0.6 is 15.9 Å². The summed E-state index contributed by atoms with van der Waals surface area (Å²) >= 11 is 2.63. The van der Waals surface area contributed by atoms with Crippen LogP contribution in [-0.2, 0) is 4.74 Å². The van der Waals surface area contributed by atoms with E-state index in [0.29, 0.717) is 6.07 Å². The van der Waals surface area contributed by atoms with E-state index >= 15 is 0 Å². The number of rotatable bonds is 1. The molecule has 17 heavy (non-hydrogen) atoms. The number of carbonyl (C=O) groups excluding carboxylic acids is 1. The van der Waals surface area contributed by atoms with Gasteiger partial charge in [-0.15, -0.1) is 0 Å². The maximum atomic E-state index is 13.4. The van der Waals surface area contributed by atoms with Gasteiger partial charge in [-0.2, -0.15) is 0 Å². The second-order valence-electron chi connectivity index (χ2n) is 4.35. The number of hydrogen-bond donors (Lipinski definition) is 0. The van der Waals surface area contributed by atoms with E-state index in [4.69, 9.17) is 4.74 Å². The van der Waals surface area contributed by atoms with Gasteiger partial charge in [0.25, 0.3) is 0 Å². The van der Waals surface area contributed by atoms with Crippen LogP contribution in [0.1, 0.15) is 31.1 Å². The fourth-order valence-corrected chi connectivity index (χ4v) is 1.46. The average molecular weight is 311 g/mol. The molecule has 1 rings (SSSR count). The van der Waals surface area contributed by atoms with Crippen molar-refractivity contribution in [2.24, 2.45) is 0 Å². The van der Waals surface area contributed by atoms with Gasteiger partial charge in [0.2, 0.25) is 0 Å². The molecular formula is C11H10BrF3O2. The van der Waals surface area contributed by atoms with Crippen LogP contribution in [-0.4, -0.2) is 11.6 Å². The lowest BCUT2D eigenvalue weighted by Crippen LogP contribution is -2.25. The van der Waals surface area contributed by atoms with Gasteiger partial charge in [0.1, 0.15) is 17.0 Å². The third kappa shape index (κ3) is 3.21. The molecule has 0 spiro atoms. The zero-order valence-electron chi connectivity index (χ0n) is 9.41. The van der Waals surface area contributed by atoms with E-state index in [1.54, 1.807) is 0 Å². The Morgan fingerprint density at radius 2 is 1.76 bits per heavy atom. The van der Waals surface area contributed by atoms with Gasteiger partial charge in [0.05, 0.1) is 4.47 Å². The van der Waals surface area contributed by atoms with Crippen molar-refractivity contribution in [3.05, 3.63) is 33.6 Å². The Bertz CT molecular complexity index is 467. The third-order valence-electron chi connectivity index (χ3n) is 1.72. The number of carbonyl (C=O) groups is 1. The minimum atomic E-state index is -1.56. The highest BCUT2D eigenvalue weighted by Crippen LogP contribution is 2.25. The van der Waals surface area contributed by atoms with E-state index in [1.165, 1.54) is 20.8 Å². The molecule has 0 aliphatic carbocycles. The number of halogens is 4. The summed E-state index contributed by atoms with van der Waals surface area (Å²) in [4.78, 5) is 11.5. The lowest BCUT2D eigenvalue weighted by atomic mass is 10.1. The highest BCUT2D eigenvalue weighted by molar-refractivity contribution is 9.10. The minimum absolute atomic E-state index is 0.389. The first-order valence-electron chi connectivity index (χ1n) is 4.70. The number of hydrogen-bond acceptors (Lipinski definition) is 2. The van der Waals surface area contributed by atoms with Gasteiger partial charge < -0.3 is 4.74 Å². The van der Waals surface area contributed by atoms with E-state index in [9.17, 15) is 18.0 Å². The first-order valence-corrected chi connectivity index (χ1v) is 5.49. The van der Waals surface area contributed by atoms with Crippen LogP contribution in [0.2, 0.25) is 0 Å². The molecule has 0 heterocycles. The predicted octanol–water partition coefficient (Wildman–Crippen LogP) is 3.82. The number of ether oxygens (including phenoxy) is 1. The van der Waals surface area contributed by atoms with E-state index in [2.05, 4.69) is 15.9 Å². The Morgan fingerprint density at radius 3 is 2.24 bits per heavy atom. The summed E-state index contributed by atoms with van der Waals surface area (Å²) in [6.07, 6.45) is 0. The quantitative estimate of drug-likeness (QED) is 0.448. The summed E-state index contributed by atoms with van der Waals surface area (Å²) in [7, 11) is 0. The van der Waals surface area contributed by atoms with Crippen molar-refractivity contribution < 1.29 is 22.7 Å². The molecule has 1 aromatic rings. The molecule has 0 unspecified atom stereocenters. The highest BCUT2D eigenvalue weighted by atomic mass is 79.9. The van der Waals surface area contributed by atoms with E-state index in [1.807, 2.05) is 0 Å². The number of benzene rings is 1. The maximum absolute atomic E-state index is 13.4. The molecule has 0 N–H and O–H groups in total. The second kappa shape index (κ2) is 4.68. The van der Waals surface area contributed by atoms with E-state index in [0.717, 1.165) is 0 Å². The number of esters is 1. The van der Waals surface area contributed by atoms with Crippen molar-refractivity contribution >= 4 is 21.9 Å². The molecule has 0 bridgehead atoms. The molecule has 6 heteroatoms. The normalized spacial score (nSPS) is 11.5. The van der Waals surface area contributed by atoms with Crippen LogP contribution in [0, 0.1) is 17.5 Å². The molecule has 0 radical (unpaired) electrons. The minimum Gasteiger partial charge on any atom is -0.456 e. The monoisotopic (exact) mass is 310 g/mol. The van der Waals surface area contributed by atoms with Gasteiger partial charge >= 0.3 is 5.97 Å². The molecule has 0 fully saturated rings. The van der Waals surface area contributed by atoms with Gasteiger partial charge in [-0.05, 0) is 42.8 Å². The van der Waals surface area contributed by atoms with E-state index in [-0.39, 0.29) is 4.47 Å². The molecule has 2 nitrogen and oxygen atoms in total. The van der Waals surface area contributed by atoms with Crippen LogP contribution in [0.25, 0.3) is 0 Å². The summed E-state index contributed by atoms with van der Waals surface area (Å²) in [6, 6.07) is 0.678. The summed E-state index contributed by atoms with van der Waals surface area (Å²) in [6.45, 7) is 4.61. The van der Waals surface area contributed by atoms with Crippen LogP contribution in [0.3, 0.4) is 0 Å². The summed E-state index contributed by atoms with van der Waals surface area (Å²) in [5, 5.41) is 0. The molecule has 0 aliphatic heterocycles. The molecule has 0 aromatic heterocycles. The SMILES string of the molecule is CC(C)(C)OC(=O)c1c(F)cc(Br)c(F)c1F. The summed E-state index contributed by atoms with van der Waals surface area (Å²) < 4.78 is 44.3. The van der Waals surface area contributed by atoms with Crippen LogP contribution in [0.15, 0.2) is 10.5 Å². The Hall–Kier alpha value is -1.04. The van der Waals surface area contributed by atoms with Crippen molar-refractivity contribution in [3.8, 4) is 0 Å². The van der Waals surface area contributed by atoms with Crippen LogP contribution < -0.4 is 0 Å². The van der Waals surface area contributed by atoms with Crippen LogP contribution in [0.4, 0.5) is 13.2 Å². The molecule has 0 saturated heterocycles. The Labute approximate surface area is 105 Å². The molecule has 0 atom stereocenters. The molecule has 0 saturated carbocycles. The van der Waals surface area contributed by atoms with Crippen molar-refractivity contribution in [1.82, 2.24) is 0 Å². The third-order valence-corrected chi connectivity index (χ3v) is 2.29. The molecule has 94 valence electrons. The van der Waals surface area contributed by atoms with Gasteiger partial charge in [-0.25, -0.2) is 18.0 Å². The van der Waals surface area contributed by atoms with Crippen molar-refractivity contribution in [1.29, 1.82) is 0 Å². The van der Waals surface area contributed by atoms with Gasteiger partial charge in [-0.1, -0.05) is 0 Å². The first kappa shape index (κ1) is 14.0. The average Bonchev–Trinajstić information content (AvgIpc) is 2.11. The highest BCUT2D eigenvalue weighted by Gasteiger charge is 2.27. The molecule has 0 amide bonds. The maximum Gasteiger partial charge on any atom is 0.344 e. The van der Waals surface area contributed by atoms with Gasteiger partial charge in [0.15, 0.2) is 11.6 Å². The van der Waals surface area contributed by atoms with Gasteiger partial charge in [0, 0.05) is 0 Å². The summed E-state index contributed by atoms with van der Waals surface area (Å²) in [5.41, 5.74) is -1.94. The smallest absolute Gasteiger partial charge is 0.344 e. The van der Waals surface area contributed by atoms with Crippen LogP contribution in [0.5, 0.6) is 0 Å². The van der Waals surface area contributed by atoms with Crippen molar-refractivity contribution in [2.45, 2.75) is 26.4 Å². The zero-order chi connectivity index (χ0) is 13.4. The largest absolute Gasteiger partial charge is 0.456 e. The van der Waals surface area contributed by atoms with Crippen molar-refractivity contribution in [2.75, 3.05) is 0 Å². The van der Waals surface area contributed by atoms with E-state index < -0.39 is 34.6 Å².